The summed E-state index contributed by atoms with van der Waals surface area (Å²) in [6, 6.07) is 4.99. The Hall–Kier alpha value is -2.15. The summed E-state index contributed by atoms with van der Waals surface area (Å²) in [4.78, 5) is 25.8. The summed E-state index contributed by atoms with van der Waals surface area (Å²) in [5, 5.41) is 17.7. The van der Waals surface area contributed by atoms with Crippen LogP contribution >= 0.6 is 7.82 Å². The number of phosphoric ester groups is 1. The van der Waals surface area contributed by atoms with Crippen LogP contribution in [0.25, 0.3) is 0 Å². The first-order chi connectivity index (χ1) is 15.6. The smallest absolute Gasteiger partial charge is 0.403 e. The molecule has 0 saturated carbocycles. The Morgan fingerprint density at radius 3 is 2.62 bits per heavy atom. The van der Waals surface area contributed by atoms with E-state index in [4.69, 9.17) is 41.8 Å². The molecule has 0 bridgehead atoms. The number of benzene rings is 1. The third-order valence-electron chi connectivity index (χ3n) is 5.58. The monoisotopic (exact) mass is 488 g/mol. The molecule has 3 heterocycles. The molecule has 4 rings (SSSR count). The number of aliphatic hydroxyl groups excluding tert-OH is 2. The van der Waals surface area contributed by atoms with Crippen LogP contribution in [0.1, 0.15) is 16.7 Å². The Labute approximate surface area is 196 Å². The average Bonchev–Trinajstić information content (AvgIpc) is 2.93. The molecule has 6 radical (unpaired) electrons. The molecule has 1 saturated heterocycles. The predicted molar refractivity (Wildman–Crippen MR) is 116 cm³/mol. The van der Waals surface area contributed by atoms with E-state index < -0.39 is 48.2 Å². The van der Waals surface area contributed by atoms with Crippen LogP contribution in [-0.4, -0.2) is 66.8 Å². The van der Waals surface area contributed by atoms with Gasteiger partial charge in [0.25, 0.3) is 11.4 Å². The zero-order valence-electron chi connectivity index (χ0n) is 17.9. The number of fused-ring (bicyclic) bond motifs is 1. The van der Waals surface area contributed by atoms with Gasteiger partial charge in [0.1, 0.15) is 47.1 Å². The molecule has 3 N–H and O–H groups in total. The number of aromatic nitrogens is 2. The van der Waals surface area contributed by atoms with Crippen molar-refractivity contribution in [1.82, 2.24) is 9.55 Å². The van der Waals surface area contributed by atoms with Crippen molar-refractivity contribution in [3.05, 3.63) is 61.9 Å². The summed E-state index contributed by atoms with van der Waals surface area (Å²) in [5.41, 5.74) is -3.78. The lowest BCUT2D eigenvalue weighted by Gasteiger charge is -2.42. The number of aliphatic hydroxyl groups is 2. The highest BCUT2D eigenvalue weighted by atomic mass is 31.2. The molecule has 2 aliphatic rings. The Morgan fingerprint density at radius 2 is 1.94 bits per heavy atom. The van der Waals surface area contributed by atoms with Gasteiger partial charge in [-0.1, -0.05) is 18.2 Å². The number of H-pyrrole nitrogens is 1. The number of nitrogens with zero attached hydrogens (tertiary/aromatic N) is 1. The summed E-state index contributed by atoms with van der Waals surface area (Å²) in [7, 11) is 12.7. The quantitative estimate of drug-likeness (QED) is 0.367. The molecule has 16 heteroatoms. The van der Waals surface area contributed by atoms with Gasteiger partial charge in [-0.15, -0.1) is 0 Å². The summed E-state index contributed by atoms with van der Waals surface area (Å²) in [6.45, 7) is 2.68. The zero-order chi connectivity index (χ0) is 25.3. The normalized spacial score (nSPS) is 33.3. The second kappa shape index (κ2) is 7.94. The number of alkyl halides is 1. The Kier molecular flexibility index (Phi) is 5.83. The van der Waals surface area contributed by atoms with Crippen LogP contribution in [0, 0.1) is 13.8 Å². The van der Waals surface area contributed by atoms with Gasteiger partial charge in [0, 0.05) is 17.3 Å². The van der Waals surface area contributed by atoms with E-state index in [1.165, 1.54) is 6.92 Å². The standard InChI is InChI=1S/C18H17B3FN2O9P/c1-8-4-3-5-10-7-30-34(29,31-11(8)10)33-18(20,21)16(22)12(25)13(26)17(19,32-16)24-6-9(2)14(27)23-15(24)28/h3-6,12-13,25-26H,7H2,1-2H3,(H,23,27,28)/t12-,13+,16-,17-,34?/m0/s1. The van der Waals surface area contributed by atoms with Gasteiger partial charge in [-0.2, -0.15) is 0 Å². The number of halogens is 1. The third kappa shape index (κ3) is 3.71. The maximum atomic E-state index is 16.0. The number of ether oxygens (including phenoxy) is 1. The van der Waals surface area contributed by atoms with Crippen LogP contribution < -0.4 is 15.8 Å². The fraction of sp³-hybridized carbons (Fsp3) is 0.444. The first-order valence-electron chi connectivity index (χ1n) is 9.82. The van der Waals surface area contributed by atoms with E-state index in [0.717, 1.165) is 6.20 Å². The van der Waals surface area contributed by atoms with Crippen LogP contribution in [0.3, 0.4) is 0 Å². The minimum absolute atomic E-state index is 0.0587. The molecule has 0 aliphatic carbocycles. The van der Waals surface area contributed by atoms with Crippen molar-refractivity contribution >= 4 is 31.4 Å². The van der Waals surface area contributed by atoms with Gasteiger partial charge in [0.05, 0.1) is 12.0 Å². The van der Waals surface area contributed by atoms with Crippen molar-refractivity contribution in [2.45, 2.75) is 49.5 Å². The van der Waals surface area contributed by atoms with E-state index in [9.17, 15) is 24.4 Å². The second-order valence-corrected chi connectivity index (χ2v) is 9.61. The lowest BCUT2D eigenvalue weighted by Crippen LogP contribution is -2.60. The molecule has 0 spiro atoms. The van der Waals surface area contributed by atoms with E-state index in [1.807, 2.05) is 4.98 Å². The molecule has 1 aromatic carbocycles. The van der Waals surface area contributed by atoms with Crippen molar-refractivity contribution in [3.63, 3.8) is 0 Å². The van der Waals surface area contributed by atoms with Crippen LogP contribution in [-0.2, 0) is 30.6 Å². The number of aryl methyl sites for hydroxylation is 2. The molecule has 5 atom stereocenters. The Morgan fingerprint density at radius 1 is 1.26 bits per heavy atom. The number of hydrogen-bond acceptors (Lipinski definition) is 9. The van der Waals surface area contributed by atoms with Crippen molar-refractivity contribution in [2.75, 3.05) is 0 Å². The molecule has 1 unspecified atom stereocenters. The molecule has 34 heavy (non-hydrogen) atoms. The second-order valence-electron chi connectivity index (χ2n) is 8.09. The number of nitrogens with one attached hydrogen (secondary N) is 1. The van der Waals surface area contributed by atoms with Crippen LogP contribution in [0.4, 0.5) is 4.39 Å². The van der Waals surface area contributed by atoms with Gasteiger partial charge in [-0.05, 0) is 19.4 Å². The topological polar surface area (TPSA) is 149 Å². The molecule has 174 valence electrons. The molecule has 11 nitrogen and oxygen atoms in total. The maximum Gasteiger partial charge on any atom is 0.529 e. The van der Waals surface area contributed by atoms with Gasteiger partial charge in [-0.3, -0.25) is 23.4 Å². The fourth-order valence-electron chi connectivity index (χ4n) is 3.65. The molecule has 1 aromatic heterocycles. The lowest BCUT2D eigenvalue weighted by atomic mass is 9.59. The van der Waals surface area contributed by atoms with Crippen LogP contribution in [0.15, 0.2) is 34.0 Å². The van der Waals surface area contributed by atoms with E-state index in [-0.39, 0.29) is 17.9 Å². The fourth-order valence-corrected chi connectivity index (χ4v) is 5.07. The lowest BCUT2D eigenvalue weighted by molar-refractivity contribution is -0.240. The van der Waals surface area contributed by atoms with Crippen molar-refractivity contribution < 1.29 is 37.5 Å². The van der Waals surface area contributed by atoms with E-state index in [1.54, 1.807) is 25.1 Å². The predicted octanol–water partition coefficient (Wildman–Crippen LogP) is -0.925. The van der Waals surface area contributed by atoms with Gasteiger partial charge < -0.3 is 19.5 Å². The first kappa shape index (κ1) is 25.0. The SMILES string of the molecule is [B]C([B])(OP1(=O)OCc2cccc(C)c2O1)[C@@]1(F)O[C@@]([B])(n2cc(C)c(=O)[nH]c2=O)[C@H](O)[C@@H]1O. The Bertz CT molecular complexity index is 1320. The third-order valence-corrected chi connectivity index (χ3v) is 6.96. The number of phosphoric acid groups is 1. The number of aromatic amines is 1. The molecule has 2 aromatic rings. The minimum Gasteiger partial charge on any atom is -0.403 e. The summed E-state index contributed by atoms with van der Waals surface area (Å²) >= 11 is 0. The van der Waals surface area contributed by atoms with E-state index in [0.29, 0.717) is 15.7 Å². The van der Waals surface area contributed by atoms with Gasteiger partial charge in [0.2, 0.25) is 0 Å². The van der Waals surface area contributed by atoms with Crippen LogP contribution in [0.2, 0.25) is 0 Å². The molecule has 2 aliphatic heterocycles. The summed E-state index contributed by atoms with van der Waals surface area (Å²) in [6.07, 6.45) is -4.13. The average molecular weight is 488 g/mol. The number of rotatable bonds is 4. The van der Waals surface area contributed by atoms with Gasteiger partial charge in [-0.25, -0.2) is 13.8 Å². The van der Waals surface area contributed by atoms with Crippen molar-refractivity contribution in [2.24, 2.45) is 0 Å². The molecule has 0 amide bonds. The highest BCUT2D eigenvalue weighted by Crippen LogP contribution is 2.59. The summed E-state index contributed by atoms with van der Waals surface area (Å²) in [5.74, 6) is -3.63. The highest BCUT2D eigenvalue weighted by Gasteiger charge is 2.69. The van der Waals surface area contributed by atoms with Crippen LogP contribution in [0.5, 0.6) is 5.75 Å². The van der Waals surface area contributed by atoms with E-state index in [2.05, 4.69) is 0 Å². The van der Waals surface area contributed by atoms with Crippen molar-refractivity contribution in [1.29, 1.82) is 0 Å². The highest BCUT2D eigenvalue weighted by molar-refractivity contribution is 7.49. The molecular weight excluding hydrogens is 471 g/mol. The Balaban J connectivity index is 1.69. The van der Waals surface area contributed by atoms with Crippen molar-refractivity contribution in [3.8, 4) is 5.75 Å². The number of hydrogen-bond donors (Lipinski definition) is 3. The first-order valence-corrected chi connectivity index (χ1v) is 11.3. The van der Waals surface area contributed by atoms with E-state index >= 15 is 4.39 Å². The minimum atomic E-state index is -4.69. The molecule has 1 fully saturated rings. The summed E-state index contributed by atoms with van der Waals surface area (Å²) < 4.78 is 49.9. The van der Waals surface area contributed by atoms with Gasteiger partial charge >= 0.3 is 13.5 Å². The maximum absolute atomic E-state index is 16.0. The molecular formula is C18H17B3FN2O9P. The zero-order valence-corrected chi connectivity index (χ0v) is 18.8. The largest absolute Gasteiger partial charge is 0.529 e. The van der Waals surface area contributed by atoms with Gasteiger partial charge in [0.15, 0.2) is 0 Å². The number of para-hydroxylation sites is 1.